The minimum absolute atomic E-state index is 0.135. The molecule has 47 heavy (non-hydrogen) atoms. The molecule has 0 saturated carbocycles. The van der Waals surface area contributed by atoms with Gasteiger partial charge in [0.1, 0.15) is 0 Å². The quantitative estimate of drug-likeness (QED) is 0.0489. The third-order valence-electron chi connectivity index (χ3n) is 6.38. The van der Waals surface area contributed by atoms with Gasteiger partial charge < -0.3 is 41.5 Å². The number of amides is 1. The number of hydrogen-bond donors (Lipinski definition) is 3. The first-order chi connectivity index (χ1) is 21.0. The zero-order valence-electron chi connectivity index (χ0n) is 32.8. The van der Waals surface area contributed by atoms with Gasteiger partial charge in [0, 0.05) is 24.8 Å². The highest BCUT2D eigenvalue weighted by atomic mass is 28.5. The van der Waals surface area contributed by atoms with Crippen molar-refractivity contribution in [2.24, 2.45) is 0 Å². The molecular weight excluding hydrogens is 699 g/mol. The average Bonchev–Trinajstić information content (AvgIpc) is 2.78. The SMILES string of the molecule is C=C(C)C(=O)NC(CC(O)COCCC[Si](C)(O[Si](C)(C)C)O[Si](C)(C)C)CC(O)COCCC[Si](C)(O[Si](C)(C)C)O[Si](C)(C)C. The molecule has 0 aliphatic heterocycles. The number of carbonyl (C=O) groups is 1. The van der Waals surface area contributed by atoms with Crippen molar-refractivity contribution in [2.75, 3.05) is 26.4 Å². The first-order valence-corrected chi connectivity index (χ1v) is 36.0. The van der Waals surface area contributed by atoms with E-state index in [4.69, 9.17) is 25.9 Å². The summed E-state index contributed by atoms with van der Waals surface area (Å²) in [5, 5.41) is 24.5. The molecule has 0 radical (unpaired) electrons. The van der Waals surface area contributed by atoms with Crippen LogP contribution < -0.4 is 5.32 Å². The number of aliphatic hydroxyl groups is 2. The van der Waals surface area contributed by atoms with Crippen LogP contribution in [0.15, 0.2) is 12.2 Å². The van der Waals surface area contributed by atoms with Crippen molar-refractivity contribution in [2.45, 2.75) is 155 Å². The van der Waals surface area contributed by atoms with E-state index >= 15 is 0 Å². The largest absolute Gasteiger partial charge is 0.437 e. The summed E-state index contributed by atoms with van der Waals surface area (Å²) < 4.78 is 37.9. The zero-order chi connectivity index (χ0) is 36.9. The van der Waals surface area contributed by atoms with E-state index in [0.29, 0.717) is 18.8 Å². The lowest BCUT2D eigenvalue weighted by Gasteiger charge is -2.38. The van der Waals surface area contributed by atoms with Gasteiger partial charge in [-0.25, -0.2) is 0 Å². The Hall–Kier alpha value is 0.191. The molecule has 1 amide bonds. The Balaban J connectivity index is 4.94. The van der Waals surface area contributed by atoms with Crippen LogP contribution in [0.5, 0.6) is 0 Å². The first-order valence-electron chi connectivity index (χ1n) is 17.3. The van der Waals surface area contributed by atoms with E-state index in [1.807, 2.05) is 0 Å². The molecule has 16 heteroatoms. The Morgan fingerprint density at radius 1 is 0.617 bits per heavy atom. The molecule has 0 aromatic rings. The van der Waals surface area contributed by atoms with Crippen molar-refractivity contribution in [3.63, 3.8) is 0 Å². The van der Waals surface area contributed by atoms with Crippen LogP contribution in [0.2, 0.25) is 104 Å². The van der Waals surface area contributed by atoms with E-state index in [1.165, 1.54) is 0 Å². The van der Waals surface area contributed by atoms with E-state index in [1.54, 1.807) is 6.92 Å². The van der Waals surface area contributed by atoms with Crippen molar-refractivity contribution in [1.29, 1.82) is 0 Å². The maximum absolute atomic E-state index is 12.4. The predicted molar refractivity (Wildman–Crippen MR) is 209 cm³/mol. The van der Waals surface area contributed by atoms with Crippen molar-refractivity contribution in [3.05, 3.63) is 12.2 Å². The number of nitrogens with one attached hydrogen (secondary N) is 1. The molecule has 0 spiro atoms. The molecule has 0 aromatic heterocycles. The molecule has 10 nitrogen and oxygen atoms in total. The molecule has 0 fully saturated rings. The maximum Gasteiger partial charge on any atom is 0.314 e. The second kappa shape index (κ2) is 20.3. The Kier molecular flexibility index (Phi) is 20.4. The summed E-state index contributed by atoms with van der Waals surface area (Å²) in [6, 6.07) is 1.20. The summed E-state index contributed by atoms with van der Waals surface area (Å²) in [6.45, 7) is 37.2. The Bertz CT molecular complexity index is 840. The van der Waals surface area contributed by atoms with Crippen LogP contribution >= 0.6 is 0 Å². The predicted octanol–water partition coefficient (Wildman–Crippen LogP) is 6.91. The summed E-state index contributed by atoms with van der Waals surface area (Å²) in [7, 11) is -11.7. The van der Waals surface area contributed by atoms with Gasteiger partial charge in [-0.1, -0.05) is 6.58 Å². The third kappa shape index (κ3) is 26.6. The standard InChI is InChI=1S/C31H73NO9Si6/c1-27(2)31(35)32-28(23-29(33)25-36-19-17-21-46(15,38-42(3,4)5)39-43(6,7)8)24-30(34)26-37-20-18-22-47(16,40-44(9,10)11)41-45(12,13)14/h28-30,33-34H,1,17-26H2,2-16H3,(H,32,35). The number of ether oxygens (including phenoxy) is 2. The van der Waals surface area contributed by atoms with Crippen LogP contribution in [0.3, 0.4) is 0 Å². The van der Waals surface area contributed by atoms with Gasteiger partial charge in [0.05, 0.1) is 25.4 Å². The van der Waals surface area contributed by atoms with E-state index in [9.17, 15) is 15.0 Å². The molecule has 0 heterocycles. The minimum atomic E-state index is -2.34. The molecular formula is C31H73NO9Si6. The van der Waals surface area contributed by atoms with Crippen LogP contribution in [0.25, 0.3) is 0 Å². The highest BCUT2D eigenvalue weighted by Crippen LogP contribution is 2.27. The van der Waals surface area contributed by atoms with E-state index in [2.05, 4.69) is 104 Å². The van der Waals surface area contributed by atoms with Gasteiger partial charge in [0.15, 0.2) is 33.3 Å². The summed E-state index contributed by atoms with van der Waals surface area (Å²) >= 11 is 0. The van der Waals surface area contributed by atoms with Gasteiger partial charge in [0.25, 0.3) is 0 Å². The number of rotatable bonds is 26. The lowest BCUT2D eigenvalue weighted by atomic mass is 10.0. The Labute approximate surface area is 294 Å². The van der Waals surface area contributed by atoms with Crippen molar-refractivity contribution in [1.82, 2.24) is 5.32 Å². The first kappa shape index (κ1) is 47.2. The van der Waals surface area contributed by atoms with Crippen LogP contribution in [0.1, 0.15) is 32.6 Å². The number of hydrogen-bond acceptors (Lipinski definition) is 9. The van der Waals surface area contributed by atoms with Gasteiger partial charge in [-0.3, -0.25) is 4.79 Å². The van der Waals surface area contributed by atoms with E-state index in [-0.39, 0.29) is 32.0 Å². The molecule has 0 rings (SSSR count). The van der Waals surface area contributed by atoms with Crippen LogP contribution in [-0.2, 0) is 30.7 Å². The monoisotopic (exact) mass is 771 g/mol. The van der Waals surface area contributed by atoms with Gasteiger partial charge in [0.2, 0.25) is 5.91 Å². The van der Waals surface area contributed by atoms with Crippen LogP contribution in [0.4, 0.5) is 0 Å². The maximum atomic E-state index is 12.4. The minimum Gasteiger partial charge on any atom is -0.437 e. The van der Waals surface area contributed by atoms with Gasteiger partial charge in [-0.2, -0.15) is 0 Å². The fourth-order valence-corrected chi connectivity index (χ4v) is 30.6. The second-order valence-corrected chi connectivity index (χ2v) is 42.9. The normalized spacial score (nSPS) is 15.8. The van der Waals surface area contributed by atoms with Gasteiger partial charge in [-0.05, 0) is 136 Å². The highest BCUT2D eigenvalue weighted by Gasteiger charge is 2.41. The summed E-state index contributed by atoms with van der Waals surface area (Å²) in [4.78, 5) is 12.4. The average molecular weight is 772 g/mol. The van der Waals surface area contributed by atoms with Crippen LogP contribution in [0, 0.1) is 0 Å². The fourth-order valence-electron chi connectivity index (χ4n) is 5.58. The molecule has 3 N–H and O–H groups in total. The third-order valence-corrected chi connectivity index (χ3v) is 25.6. The molecule has 280 valence electrons. The van der Waals surface area contributed by atoms with Crippen molar-refractivity contribution >= 4 is 56.3 Å². The van der Waals surface area contributed by atoms with Crippen LogP contribution in [-0.4, -0.2) is 111 Å². The highest BCUT2D eigenvalue weighted by molar-refractivity contribution is 6.88. The Morgan fingerprint density at radius 3 is 1.17 bits per heavy atom. The van der Waals surface area contributed by atoms with Crippen molar-refractivity contribution in [3.8, 4) is 0 Å². The molecule has 0 aromatic carbocycles. The fraction of sp³-hybridized carbons (Fsp3) is 0.903. The van der Waals surface area contributed by atoms with Gasteiger partial charge >= 0.3 is 17.1 Å². The molecule has 0 aliphatic rings. The van der Waals surface area contributed by atoms with E-state index in [0.717, 1.165) is 24.9 Å². The lowest BCUT2D eigenvalue weighted by molar-refractivity contribution is -0.118. The lowest BCUT2D eigenvalue weighted by Crippen LogP contribution is -2.52. The van der Waals surface area contributed by atoms with E-state index < -0.39 is 68.6 Å². The number of aliphatic hydroxyl groups excluding tert-OH is 2. The molecule has 2 atom stereocenters. The molecule has 0 saturated heterocycles. The molecule has 2 unspecified atom stereocenters. The number of carbonyl (C=O) groups excluding carboxylic acids is 1. The molecule has 0 aliphatic carbocycles. The smallest absolute Gasteiger partial charge is 0.314 e. The summed E-state index contributed by atoms with van der Waals surface area (Å²) in [5.41, 5.74) is 0.369. The zero-order valence-corrected chi connectivity index (χ0v) is 38.8. The molecule has 0 bridgehead atoms. The topological polar surface area (TPSA) is 125 Å². The summed E-state index contributed by atoms with van der Waals surface area (Å²) in [6.07, 6.45) is 0.440. The van der Waals surface area contributed by atoms with Crippen molar-refractivity contribution < 1.29 is 40.9 Å². The van der Waals surface area contributed by atoms with Gasteiger partial charge in [-0.15, -0.1) is 0 Å². The summed E-state index contributed by atoms with van der Waals surface area (Å²) in [5.74, 6) is -0.306. The Morgan fingerprint density at radius 2 is 0.915 bits per heavy atom. The second-order valence-electron chi connectivity index (χ2n) is 17.2.